The van der Waals surface area contributed by atoms with Crippen LogP contribution in [0.2, 0.25) is 0 Å². The van der Waals surface area contributed by atoms with Crippen LogP contribution >= 0.6 is 11.5 Å². The van der Waals surface area contributed by atoms with E-state index in [1.165, 1.54) is 24.1 Å². The Kier molecular flexibility index (Phi) is 4.91. The molecule has 0 amide bonds. The van der Waals surface area contributed by atoms with E-state index in [9.17, 15) is 8.42 Å². The zero-order chi connectivity index (χ0) is 22.3. The molecule has 160 valence electrons. The average molecular weight is 465 g/mol. The van der Waals surface area contributed by atoms with Gasteiger partial charge in [-0.2, -0.15) is 4.37 Å². The summed E-state index contributed by atoms with van der Waals surface area (Å²) in [5, 5.41) is 5.97. The van der Waals surface area contributed by atoms with Crippen molar-refractivity contribution in [3.8, 4) is 11.5 Å². The molecule has 0 atom stereocenters. The molecule has 0 aliphatic heterocycles. The number of hydrogen-bond donors (Lipinski definition) is 1. The molecule has 0 bridgehead atoms. The number of fused-ring (bicyclic) bond motifs is 2. The van der Waals surface area contributed by atoms with Crippen molar-refractivity contribution in [3.05, 3.63) is 59.9 Å². The Morgan fingerprint density at radius 1 is 1.03 bits per heavy atom. The lowest BCUT2D eigenvalue weighted by Crippen LogP contribution is -2.06. The van der Waals surface area contributed by atoms with Crippen LogP contribution in [-0.4, -0.2) is 39.0 Å². The van der Waals surface area contributed by atoms with E-state index in [4.69, 9.17) is 4.74 Å². The summed E-state index contributed by atoms with van der Waals surface area (Å²) in [5.74, 6) is 1.79. The maximum absolute atomic E-state index is 11.8. The van der Waals surface area contributed by atoms with Gasteiger partial charge in [0.05, 0.1) is 11.7 Å². The summed E-state index contributed by atoms with van der Waals surface area (Å²) < 4.78 is 34.0. The molecular formula is C21H16N6O3S2. The molecule has 5 rings (SSSR count). The molecule has 11 heteroatoms. The van der Waals surface area contributed by atoms with E-state index in [-0.39, 0.29) is 5.16 Å². The topological polar surface area (TPSA) is 120 Å². The number of aryl methyl sites for hydroxylation is 1. The van der Waals surface area contributed by atoms with Gasteiger partial charge in [-0.1, -0.05) is 0 Å². The van der Waals surface area contributed by atoms with E-state index < -0.39 is 9.84 Å². The van der Waals surface area contributed by atoms with Gasteiger partial charge in [0.1, 0.15) is 28.9 Å². The Bertz CT molecular complexity index is 1580. The lowest BCUT2D eigenvalue weighted by molar-refractivity contribution is 0.479. The van der Waals surface area contributed by atoms with Crippen LogP contribution in [0.4, 0.5) is 11.5 Å². The fraction of sp³-hybridized carbons (Fsp3) is 0.0952. The van der Waals surface area contributed by atoms with Crippen molar-refractivity contribution >= 4 is 54.8 Å². The first-order valence-corrected chi connectivity index (χ1v) is 12.2. The van der Waals surface area contributed by atoms with E-state index in [0.717, 1.165) is 28.4 Å². The summed E-state index contributed by atoms with van der Waals surface area (Å²) in [7, 11) is -3.56. The minimum Gasteiger partial charge on any atom is -0.457 e. The van der Waals surface area contributed by atoms with Gasteiger partial charge in [-0.25, -0.2) is 28.4 Å². The van der Waals surface area contributed by atoms with Crippen LogP contribution in [0.1, 0.15) is 5.56 Å². The minimum atomic E-state index is -3.56. The number of aromatic nitrogens is 5. The van der Waals surface area contributed by atoms with Crippen molar-refractivity contribution in [1.82, 2.24) is 24.3 Å². The van der Waals surface area contributed by atoms with Crippen LogP contribution in [0.25, 0.3) is 21.9 Å². The van der Waals surface area contributed by atoms with E-state index in [0.29, 0.717) is 28.4 Å². The molecule has 2 aromatic carbocycles. The fourth-order valence-corrected chi connectivity index (χ4v) is 4.26. The monoisotopic (exact) mass is 464 g/mol. The normalized spacial score (nSPS) is 11.7. The lowest BCUT2D eigenvalue weighted by atomic mass is 10.2. The Morgan fingerprint density at radius 2 is 1.91 bits per heavy atom. The standard InChI is InChI=1S/C21H16N6O3S2/c1-12-7-14(4-6-18(12)30-15-5-3-13-10-31-27-16(13)8-15)25-20-19-17(23-11-24-20)9-22-21(26-19)32(2,28)29/h3-11H,1-2H3,(H,23,24,25). The lowest BCUT2D eigenvalue weighted by Gasteiger charge is -2.12. The predicted octanol–water partition coefficient (Wildman–Crippen LogP) is 4.28. The molecule has 0 spiro atoms. The highest BCUT2D eigenvalue weighted by atomic mass is 32.2. The zero-order valence-electron chi connectivity index (χ0n) is 17.0. The summed E-state index contributed by atoms with van der Waals surface area (Å²) in [4.78, 5) is 16.3. The minimum absolute atomic E-state index is 0.278. The van der Waals surface area contributed by atoms with E-state index >= 15 is 0 Å². The van der Waals surface area contributed by atoms with Crippen molar-refractivity contribution < 1.29 is 13.2 Å². The predicted molar refractivity (Wildman–Crippen MR) is 122 cm³/mol. The number of nitrogens with zero attached hydrogens (tertiary/aromatic N) is 5. The SMILES string of the molecule is Cc1cc(Nc2ncnc3cnc(S(C)(=O)=O)nc23)ccc1Oc1ccc2csnc2c1. The second-order valence-corrected chi connectivity index (χ2v) is 9.66. The van der Waals surface area contributed by atoms with Gasteiger partial charge >= 0.3 is 0 Å². The molecule has 9 nitrogen and oxygen atoms in total. The summed E-state index contributed by atoms with van der Waals surface area (Å²) >= 11 is 1.41. The molecule has 0 aliphatic rings. The van der Waals surface area contributed by atoms with Gasteiger partial charge in [-0.3, -0.25) is 0 Å². The highest BCUT2D eigenvalue weighted by Gasteiger charge is 2.15. The van der Waals surface area contributed by atoms with Crippen LogP contribution in [0, 0.1) is 6.92 Å². The summed E-state index contributed by atoms with van der Waals surface area (Å²) in [6.07, 6.45) is 3.79. The van der Waals surface area contributed by atoms with Crippen molar-refractivity contribution in [2.45, 2.75) is 12.1 Å². The quantitative estimate of drug-likeness (QED) is 0.380. The highest BCUT2D eigenvalue weighted by Crippen LogP contribution is 2.31. The third-order valence-electron chi connectivity index (χ3n) is 4.69. The van der Waals surface area contributed by atoms with Gasteiger partial charge in [-0.05, 0) is 54.4 Å². The summed E-state index contributed by atoms with van der Waals surface area (Å²) in [5.41, 5.74) is 3.29. The molecule has 0 saturated carbocycles. The third-order valence-corrected chi connectivity index (χ3v) is 6.21. The number of rotatable bonds is 5. The Balaban J connectivity index is 1.43. The van der Waals surface area contributed by atoms with Gasteiger partial charge in [0, 0.05) is 28.8 Å². The maximum Gasteiger partial charge on any atom is 0.247 e. The molecule has 32 heavy (non-hydrogen) atoms. The second-order valence-electron chi connectivity index (χ2n) is 7.12. The number of nitrogens with one attached hydrogen (secondary N) is 1. The van der Waals surface area contributed by atoms with Gasteiger partial charge in [0.25, 0.3) is 0 Å². The molecule has 0 fully saturated rings. The number of benzene rings is 2. The van der Waals surface area contributed by atoms with E-state index in [1.807, 2.05) is 48.7 Å². The van der Waals surface area contributed by atoms with Crippen molar-refractivity contribution in [2.24, 2.45) is 0 Å². The molecule has 0 aliphatic carbocycles. The van der Waals surface area contributed by atoms with Crippen LogP contribution < -0.4 is 10.1 Å². The number of anilines is 2. The Morgan fingerprint density at radius 3 is 2.72 bits per heavy atom. The molecule has 5 aromatic rings. The molecule has 0 saturated heterocycles. The van der Waals surface area contributed by atoms with Crippen LogP contribution in [0.15, 0.2) is 59.5 Å². The summed E-state index contributed by atoms with van der Waals surface area (Å²) in [6, 6.07) is 11.4. The second kappa shape index (κ2) is 7.77. The van der Waals surface area contributed by atoms with Crippen molar-refractivity contribution in [2.75, 3.05) is 11.6 Å². The molecule has 3 aromatic heterocycles. The number of hydrogen-bond acceptors (Lipinski definition) is 10. The summed E-state index contributed by atoms with van der Waals surface area (Å²) in [6.45, 7) is 1.93. The Labute approximate surface area is 187 Å². The first-order valence-electron chi connectivity index (χ1n) is 9.44. The number of ether oxygens (including phenoxy) is 1. The maximum atomic E-state index is 11.8. The molecule has 0 radical (unpaired) electrons. The van der Waals surface area contributed by atoms with Crippen LogP contribution in [0.5, 0.6) is 11.5 Å². The van der Waals surface area contributed by atoms with Crippen LogP contribution in [-0.2, 0) is 9.84 Å². The van der Waals surface area contributed by atoms with Crippen LogP contribution in [0.3, 0.4) is 0 Å². The third kappa shape index (κ3) is 3.95. The zero-order valence-corrected chi connectivity index (χ0v) is 18.6. The fourth-order valence-electron chi connectivity index (χ4n) is 3.12. The van der Waals surface area contributed by atoms with E-state index in [1.54, 1.807) is 0 Å². The van der Waals surface area contributed by atoms with Crippen molar-refractivity contribution in [3.63, 3.8) is 0 Å². The van der Waals surface area contributed by atoms with Gasteiger partial charge < -0.3 is 10.1 Å². The first-order chi connectivity index (χ1) is 15.4. The Hall–Kier alpha value is -3.70. The first kappa shape index (κ1) is 20.2. The molecule has 3 heterocycles. The van der Waals surface area contributed by atoms with Gasteiger partial charge in [0.15, 0.2) is 5.82 Å². The molecular weight excluding hydrogens is 448 g/mol. The largest absolute Gasteiger partial charge is 0.457 e. The van der Waals surface area contributed by atoms with Gasteiger partial charge in [-0.15, -0.1) is 0 Å². The molecule has 0 unspecified atom stereocenters. The number of sulfone groups is 1. The van der Waals surface area contributed by atoms with Crippen molar-refractivity contribution in [1.29, 1.82) is 0 Å². The highest BCUT2D eigenvalue weighted by molar-refractivity contribution is 7.90. The van der Waals surface area contributed by atoms with E-state index in [2.05, 4.69) is 29.6 Å². The molecule has 1 N–H and O–H groups in total. The van der Waals surface area contributed by atoms with Gasteiger partial charge in [0.2, 0.25) is 15.0 Å². The average Bonchev–Trinajstić information content (AvgIpc) is 3.23. The smallest absolute Gasteiger partial charge is 0.247 e.